The van der Waals surface area contributed by atoms with Gasteiger partial charge in [-0.3, -0.25) is 4.79 Å². The Hall–Kier alpha value is -0.570. The van der Waals surface area contributed by atoms with Crippen LogP contribution in [0.5, 0.6) is 0 Å². The standard InChI is InChI=1S/C16H31NO2/c1-12(2)11-17-16(14(18)19-6)9-7-13(8-10-16)15(3,4)5/h12-13,17H,7-11H2,1-6H3. The van der Waals surface area contributed by atoms with Gasteiger partial charge < -0.3 is 10.1 Å². The van der Waals surface area contributed by atoms with Crippen molar-refractivity contribution >= 4 is 5.97 Å². The lowest BCUT2D eigenvalue weighted by molar-refractivity contribution is -0.151. The molecule has 1 aliphatic carbocycles. The first kappa shape index (κ1) is 16.5. The van der Waals surface area contributed by atoms with E-state index in [0.717, 1.165) is 32.2 Å². The van der Waals surface area contributed by atoms with Crippen molar-refractivity contribution in [2.45, 2.75) is 65.8 Å². The third-order valence-corrected chi connectivity index (χ3v) is 4.49. The zero-order valence-electron chi connectivity index (χ0n) is 13.5. The Kier molecular flexibility index (Phi) is 5.43. The number of carbonyl (C=O) groups is 1. The third-order valence-electron chi connectivity index (χ3n) is 4.49. The maximum Gasteiger partial charge on any atom is 0.326 e. The molecule has 0 saturated heterocycles. The lowest BCUT2D eigenvalue weighted by Crippen LogP contribution is -2.56. The first-order valence-electron chi connectivity index (χ1n) is 7.55. The molecule has 0 bridgehead atoms. The number of esters is 1. The highest BCUT2D eigenvalue weighted by molar-refractivity contribution is 5.80. The second-order valence-electron chi connectivity index (χ2n) is 7.49. The molecule has 1 N–H and O–H groups in total. The number of methoxy groups -OCH3 is 1. The van der Waals surface area contributed by atoms with Crippen molar-refractivity contribution in [3.63, 3.8) is 0 Å². The highest BCUT2D eigenvalue weighted by Gasteiger charge is 2.44. The molecular formula is C16H31NO2. The second kappa shape index (κ2) is 6.25. The summed E-state index contributed by atoms with van der Waals surface area (Å²) < 4.78 is 5.04. The summed E-state index contributed by atoms with van der Waals surface area (Å²) in [5.41, 5.74) is -0.110. The van der Waals surface area contributed by atoms with Crippen LogP contribution >= 0.6 is 0 Å². The first-order chi connectivity index (χ1) is 8.71. The molecule has 112 valence electrons. The fraction of sp³-hybridized carbons (Fsp3) is 0.938. The highest BCUT2D eigenvalue weighted by atomic mass is 16.5. The molecule has 0 aromatic carbocycles. The first-order valence-corrected chi connectivity index (χ1v) is 7.55. The molecule has 3 heteroatoms. The van der Waals surface area contributed by atoms with Crippen molar-refractivity contribution in [2.24, 2.45) is 17.3 Å². The fourth-order valence-electron chi connectivity index (χ4n) is 3.02. The lowest BCUT2D eigenvalue weighted by atomic mass is 9.67. The molecule has 1 rings (SSSR count). The Morgan fingerprint density at radius 2 is 1.84 bits per heavy atom. The van der Waals surface area contributed by atoms with Gasteiger partial charge in [-0.1, -0.05) is 34.6 Å². The van der Waals surface area contributed by atoms with E-state index in [1.165, 1.54) is 7.11 Å². The Morgan fingerprint density at radius 1 is 1.32 bits per heavy atom. The van der Waals surface area contributed by atoms with Gasteiger partial charge >= 0.3 is 5.97 Å². The summed E-state index contributed by atoms with van der Waals surface area (Å²) in [7, 11) is 1.50. The van der Waals surface area contributed by atoms with Crippen molar-refractivity contribution in [3.05, 3.63) is 0 Å². The number of hydrogen-bond donors (Lipinski definition) is 1. The minimum Gasteiger partial charge on any atom is -0.468 e. The van der Waals surface area contributed by atoms with Gasteiger partial charge in [0, 0.05) is 0 Å². The van der Waals surface area contributed by atoms with E-state index < -0.39 is 5.54 Å². The second-order valence-corrected chi connectivity index (χ2v) is 7.49. The number of nitrogens with one attached hydrogen (secondary N) is 1. The van der Waals surface area contributed by atoms with Crippen LogP contribution in [0, 0.1) is 17.3 Å². The Balaban J connectivity index is 2.72. The predicted octanol–water partition coefficient (Wildman–Crippen LogP) is 3.38. The minimum absolute atomic E-state index is 0.0829. The quantitative estimate of drug-likeness (QED) is 0.795. The Bertz CT molecular complexity index is 296. The van der Waals surface area contributed by atoms with E-state index in [1.54, 1.807) is 0 Å². The van der Waals surface area contributed by atoms with E-state index in [-0.39, 0.29) is 5.97 Å². The predicted molar refractivity (Wildman–Crippen MR) is 79.0 cm³/mol. The van der Waals surface area contributed by atoms with E-state index in [0.29, 0.717) is 17.3 Å². The van der Waals surface area contributed by atoms with Crippen LogP contribution in [0.3, 0.4) is 0 Å². The molecule has 3 nitrogen and oxygen atoms in total. The molecule has 0 heterocycles. The van der Waals surface area contributed by atoms with Crippen molar-refractivity contribution < 1.29 is 9.53 Å². The van der Waals surface area contributed by atoms with Gasteiger partial charge in [0.15, 0.2) is 0 Å². The van der Waals surface area contributed by atoms with E-state index in [9.17, 15) is 4.79 Å². The van der Waals surface area contributed by atoms with Gasteiger partial charge in [0.25, 0.3) is 0 Å². The monoisotopic (exact) mass is 269 g/mol. The average molecular weight is 269 g/mol. The summed E-state index contributed by atoms with van der Waals surface area (Å²) in [5.74, 6) is 1.16. The molecule has 0 aliphatic heterocycles. The SMILES string of the molecule is COC(=O)C1(NCC(C)C)CCC(C(C)(C)C)CC1. The number of carbonyl (C=O) groups excluding carboxylic acids is 1. The highest BCUT2D eigenvalue weighted by Crippen LogP contribution is 2.41. The molecule has 1 saturated carbocycles. The zero-order valence-corrected chi connectivity index (χ0v) is 13.5. The van der Waals surface area contributed by atoms with Gasteiger partial charge in [-0.25, -0.2) is 0 Å². The van der Waals surface area contributed by atoms with E-state index in [2.05, 4.69) is 39.9 Å². The van der Waals surface area contributed by atoms with Gasteiger partial charge in [-0.15, -0.1) is 0 Å². The van der Waals surface area contributed by atoms with Gasteiger partial charge in [0.2, 0.25) is 0 Å². The molecule has 0 radical (unpaired) electrons. The third kappa shape index (κ3) is 4.20. The Morgan fingerprint density at radius 3 is 2.21 bits per heavy atom. The topological polar surface area (TPSA) is 38.3 Å². The summed E-state index contributed by atoms with van der Waals surface area (Å²) in [6.07, 6.45) is 4.00. The van der Waals surface area contributed by atoms with Crippen molar-refractivity contribution in [3.8, 4) is 0 Å². The number of ether oxygens (including phenoxy) is 1. The van der Waals surface area contributed by atoms with E-state index >= 15 is 0 Å². The van der Waals surface area contributed by atoms with Crippen LogP contribution in [0.15, 0.2) is 0 Å². The van der Waals surface area contributed by atoms with Crippen LogP contribution < -0.4 is 5.32 Å². The average Bonchev–Trinajstić information content (AvgIpc) is 2.34. The molecule has 0 aromatic rings. The van der Waals surface area contributed by atoms with E-state index in [1.807, 2.05) is 0 Å². The molecule has 0 amide bonds. The van der Waals surface area contributed by atoms with Gasteiger partial charge in [-0.05, 0) is 49.5 Å². The number of rotatable bonds is 4. The number of hydrogen-bond acceptors (Lipinski definition) is 3. The van der Waals surface area contributed by atoms with Crippen LogP contribution in [-0.2, 0) is 9.53 Å². The maximum absolute atomic E-state index is 12.2. The molecule has 1 aliphatic rings. The molecule has 0 unspecified atom stereocenters. The molecule has 0 atom stereocenters. The largest absolute Gasteiger partial charge is 0.468 e. The molecule has 0 spiro atoms. The smallest absolute Gasteiger partial charge is 0.326 e. The minimum atomic E-state index is -0.444. The van der Waals surface area contributed by atoms with Crippen LogP contribution in [0.25, 0.3) is 0 Å². The van der Waals surface area contributed by atoms with Crippen LogP contribution in [0.2, 0.25) is 0 Å². The normalized spacial score (nSPS) is 28.5. The maximum atomic E-state index is 12.2. The summed E-state index contributed by atoms with van der Waals surface area (Å²) in [4.78, 5) is 12.2. The van der Waals surface area contributed by atoms with Gasteiger partial charge in [0.1, 0.15) is 5.54 Å². The zero-order chi connectivity index (χ0) is 14.7. The molecule has 0 aromatic heterocycles. The summed E-state index contributed by atoms with van der Waals surface area (Å²) in [6, 6.07) is 0. The van der Waals surface area contributed by atoms with Crippen molar-refractivity contribution in [1.29, 1.82) is 0 Å². The van der Waals surface area contributed by atoms with Crippen LogP contribution in [-0.4, -0.2) is 25.2 Å². The molecule has 1 fully saturated rings. The Labute approximate surface area is 118 Å². The van der Waals surface area contributed by atoms with Crippen molar-refractivity contribution in [1.82, 2.24) is 5.32 Å². The summed E-state index contributed by atoms with van der Waals surface area (Å²) >= 11 is 0. The van der Waals surface area contributed by atoms with Crippen LogP contribution in [0.4, 0.5) is 0 Å². The summed E-state index contributed by atoms with van der Waals surface area (Å²) in [6.45, 7) is 12.1. The van der Waals surface area contributed by atoms with E-state index in [4.69, 9.17) is 4.74 Å². The lowest BCUT2D eigenvalue weighted by Gasteiger charge is -2.43. The molecule has 19 heavy (non-hydrogen) atoms. The summed E-state index contributed by atoms with van der Waals surface area (Å²) in [5, 5.41) is 3.48. The van der Waals surface area contributed by atoms with Gasteiger partial charge in [0.05, 0.1) is 7.11 Å². The van der Waals surface area contributed by atoms with Gasteiger partial charge in [-0.2, -0.15) is 0 Å². The molecular weight excluding hydrogens is 238 g/mol. The van der Waals surface area contributed by atoms with Crippen molar-refractivity contribution in [2.75, 3.05) is 13.7 Å². The fourth-order valence-corrected chi connectivity index (χ4v) is 3.02. The van der Waals surface area contributed by atoms with Crippen LogP contribution in [0.1, 0.15) is 60.3 Å².